The third-order valence-corrected chi connectivity index (χ3v) is 5.35. The van der Waals surface area contributed by atoms with Gasteiger partial charge in [0.1, 0.15) is 12.1 Å². The average molecular weight is 442 g/mol. The Morgan fingerprint density at radius 3 is 2.40 bits per heavy atom. The second kappa shape index (κ2) is 13.6. The van der Waals surface area contributed by atoms with Gasteiger partial charge >= 0.3 is 0 Å². The number of thioether (sulfide) groups is 1. The third-order valence-electron chi connectivity index (χ3n) is 4.30. The Labute approximate surface area is 179 Å². The molecule has 1 heterocycles. The van der Waals surface area contributed by atoms with Crippen molar-refractivity contribution in [3.05, 3.63) is 18.2 Å². The molecule has 168 valence electrons. The van der Waals surface area contributed by atoms with Crippen molar-refractivity contribution in [3.63, 3.8) is 0 Å². The number of carbonyl (C=O) groups is 4. The van der Waals surface area contributed by atoms with Gasteiger partial charge in [-0.2, -0.15) is 0 Å². The fourth-order valence-corrected chi connectivity index (χ4v) is 3.43. The number of nitrogens with two attached hydrogens (primary N) is 3. The predicted octanol–water partition coefficient (Wildman–Crippen LogP) is -1.61. The number of imidazole rings is 1. The standard InChI is InChI=1S/C18H31N7O4S/c1-11(6-12-7-22-10-23-12)17(28)25-14(8-30-9-15(20)26)18(29)24-13(16(21)27)4-2-3-5-19/h7,10-11,13-14H,2-6,8-9,19H2,1H3,(H2,20,26)(H2,21,27)(H,22,23)(H,24,29)(H,25,28)/t11-,13-,14-/m0/s1. The maximum Gasteiger partial charge on any atom is 0.244 e. The van der Waals surface area contributed by atoms with E-state index in [9.17, 15) is 19.2 Å². The summed E-state index contributed by atoms with van der Waals surface area (Å²) in [5, 5.41) is 5.27. The molecule has 0 aliphatic heterocycles. The lowest BCUT2D eigenvalue weighted by atomic mass is 10.0. The van der Waals surface area contributed by atoms with Crippen LogP contribution in [0.5, 0.6) is 0 Å². The highest BCUT2D eigenvalue weighted by atomic mass is 32.2. The number of nitrogens with one attached hydrogen (secondary N) is 3. The van der Waals surface area contributed by atoms with Gasteiger partial charge in [0.15, 0.2) is 0 Å². The van der Waals surface area contributed by atoms with E-state index in [2.05, 4.69) is 20.6 Å². The molecule has 0 saturated carbocycles. The minimum atomic E-state index is -0.956. The molecule has 11 nitrogen and oxygen atoms in total. The summed E-state index contributed by atoms with van der Waals surface area (Å²) in [6.45, 7) is 2.19. The molecule has 0 saturated heterocycles. The number of aromatic nitrogens is 2. The number of nitrogens with zero attached hydrogens (tertiary/aromatic N) is 1. The highest BCUT2D eigenvalue weighted by Crippen LogP contribution is 2.09. The minimum Gasteiger partial charge on any atom is -0.369 e. The summed E-state index contributed by atoms with van der Waals surface area (Å²) in [4.78, 5) is 54.8. The molecule has 3 atom stereocenters. The molecule has 0 spiro atoms. The van der Waals surface area contributed by atoms with Gasteiger partial charge in [0, 0.05) is 30.0 Å². The molecule has 12 heteroatoms. The zero-order valence-corrected chi connectivity index (χ0v) is 17.9. The first kappa shape index (κ1) is 25.4. The molecular formula is C18H31N7O4S. The molecule has 1 rings (SSSR count). The molecule has 0 fully saturated rings. The smallest absolute Gasteiger partial charge is 0.244 e. The normalized spacial score (nSPS) is 13.8. The van der Waals surface area contributed by atoms with Crippen LogP contribution in [-0.2, 0) is 25.6 Å². The Kier molecular flexibility index (Phi) is 11.5. The van der Waals surface area contributed by atoms with Gasteiger partial charge in [-0.1, -0.05) is 6.92 Å². The summed E-state index contributed by atoms with van der Waals surface area (Å²) in [6, 6.07) is -1.82. The number of carbonyl (C=O) groups excluding carboxylic acids is 4. The van der Waals surface area contributed by atoms with Crippen molar-refractivity contribution in [2.45, 2.75) is 44.7 Å². The Morgan fingerprint density at radius 1 is 1.13 bits per heavy atom. The molecule has 0 aliphatic rings. The summed E-state index contributed by atoms with van der Waals surface area (Å²) in [7, 11) is 0. The summed E-state index contributed by atoms with van der Waals surface area (Å²) < 4.78 is 0. The van der Waals surface area contributed by atoms with Crippen LogP contribution in [0, 0.1) is 5.92 Å². The Bertz CT molecular complexity index is 699. The lowest BCUT2D eigenvalue weighted by Gasteiger charge is -2.23. The van der Waals surface area contributed by atoms with Crippen LogP contribution in [-0.4, -0.2) is 63.7 Å². The van der Waals surface area contributed by atoms with Crippen molar-refractivity contribution >= 4 is 35.4 Å². The maximum atomic E-state index is 12.7. The molecule has 1 aromatic rings. The predicted molar refractivity (Wildman–Crippen MR) is 114 cm³/mol. The minimum absolute atomic E-state index is 0.000896. The summed E-state index contributed by atoms with van der Waals surface area (Å²) >= 11 is 1.11. The second-order valence-corrected chi connectivity index (χ2v) is 8.00. The van der Waals surface area contributed by atoms with E-state index >= 15 is 0 Å². The van der Waals surface area contributed by atoms with Crippen molar-refractivity contribution in [2.24, 2.45) is 23.1 Å². The molecule has 0 radical (unpaired) electrons. The van der Waals surface area contributed by atoms with Gasteiger partial charge in [-0.15, -0.1) is 11.8 Å². The molecule has 30 heavy (non-hydrogen) atoms. The van der Waals surface area contributed by atoms with Crippen LogP contribution in [0.4, 0.5) is 0 Å². The van der Waals surface area contributed by atoms with E-state index in [1.165, 1.54) is 6.33 Å². The van der Waals surface area contributed by atoms with Crippen molar-refractivity contribution < 1.29 is 19.2 Å². The number of amides is 4. The van der Waals surface area contributed by atoms with E-state index < -0.39 is 35.7 Å². The van der Waals surface area contributed by atoms with E-state index in [-0.39, 0.29) is 17.4 Å². The van der Waals surface area contributed by atoms with Crippen molar-refractivity contribution in [1.29, 1.82) is 0 Å². The number of rotatable bonds is 15. The van der Waals surface area contributed by atoms with Gasteiger partial charge in [-0.25, -0.2) is 4.98 Å². The summed E-state index contributed by atoms with van der Waals surface area (Å²) in [5.41, 5.74) is 16.8. The molecular weight excluding hydrogens is 410 g/mol. The maximum absolute atomic E-state index is 12.7. The van der Waals surface area contributed by atoms with E-state index in [1.807, 2.05) is 0 Å². The SMILES string of the molecule is C[C@@H](Cc1cnc[nH]1)C(=O)N[C@@H](CSCC(N)=O)C(=O)N[C@@H](CCCCN)C(N)=O. The van der Waals surface area contributed by atoms with Gasteiger partial charge in [0.2, 0.25) is 23.6 Å². The monoisotopic (exact) mass is 441 g/mol. The first-order chi connectivity index (χ1) is 14.2. The van der Waals surface area contributed by atoms with E-state index in [4.69, 9.17) is 17.2 Å². The van der Waals surface area contributed by atoms with Crippen LogP contribution in [0.15, 0.2) is 12.5 Å². The van der Waals surface area contributed by atoms with Crippen LogP contribution in [0.3, 0.4) is 0 Å². The van der Waals surface area contributed by atoms with Crippen LogP contribution < -0.4 is 27.8 Å². The molecule has 0 aromatic carbocycles. The Balaban J connectivity index is 2.75. The zero-order chi connectivity index (χ0) is 22.5. The fourth-order valence-electron chi connectivity index (χ4n) is 2.64. The molecule has 4 amide bonds. The first-order valence-corrected chi connectivity index (χ1v) is 10.8. The second-order valence-electron chi connectivity index (χ2n) is 6.97. The zero-order valence-electron chi connectivity index (χ0n) is 17.1. The molecule has 0 unspecified atom stereocenters. The van der Waals surface area contributed by atoms with Gasteiger partial charge in [-0.05, 0) is 25.8 Å². The van der Waals surface area contributed by atoms with Crippen LogP contribution in [0.2, 0.25) is 0 Å². The lowest BCUT2D eigenvalue weighted by Crippen LogP contribution is -2.54. The number of H-pyrrole nitrogens is 1. The topological polar surface area (TPSA) is 199 Å². The largest absolute Gasteiger partial charge is 0.369 e. The van der Waals surface area contributed by atoms with Gasteiger partial charge in [0.05, 0.1) is 12.1 Å². The quantitative estimate of drug-likeness (QED) is 0.176. The van der Waals surface area contributed by atoms with E-state index in [0.29, 0.717) is 32.2 Å². The van der Waals surface area contributed by atoms with Crippen molar-refractivity contribution in [3.8, 4) is 0 Å². The first-order valence-electron chi connectivity index (χ1n) is 9.68. The Hall–Kier alpha value is -2.60. The highest BCUT2D eigenvalue weighted by Gasteiger charge is 2.27. The number of hydrogen-bond donors (Lipinski definition) is 6. The third kappa shape index (κ3) is 9.74. The van der Waals surface area contributed by atoms with Gasteiger partial charge in [0.25, 0.3) is 0 Å². The number of hydrogen-bond acceptors (Lipinski definition) is 7. The summed E-state index contributed by atoms with van der Waals surface area (Å²) in [5.74, 6) is -2.41. The molecule has 1 aromatic heterocycles. The number of unbranched alkanes of at least 4 members (excludes halogenated alkanes) is 1. The van der Waals surface area contributed by atoms with E-state index in [1.54, 1.807) is 13.1 Å². The van der Waals surface area contributed by atoms with Crippen LogP contribution in [0.25, 0.3) is 0 Å². The molecule has 0 aliphatic carbocycles. The van der Waals surface area contributed by atoms with Gasteiger partial charge < -0.3 is 32.8 Å². The highest BCUT2D eigenvalue weighted by molar-refractivity contribution is 8.00. The van der Waals surface area contributed by atoms with Crippen LogP contribution >= 0.6 is 11.8 Å². The molecule has 9 N–H and O–H groups in total. The average Bonchev–Trinajstić information content (AvgIpc) is 3.18. The number of primary amides is 2. The fraction of sp³-hybridized carbons (Fsp3) is 0.611. The lowest BCUT2D eigenvalue weighted by molar-refractivity contribution is -0.132. The Morgan fingerprint density at radius 2 is 1.83 bits per heavy atom. The van der Waals surface area contributed by atoms with Crippen molar-refractivity contribution in [2.75, 3.05) is 18.1 Å². The van der Waals surface area contributed by atoms with Crippen molar-refractivity contribution in [1.82, 2.24) is 20.6 Å². The van der Waals surface area contributed by atoms with Crippen LogP contribution in [0.1, 0.15) is 31.9 Å². The molecule has 0 bridgehead atoms. The van der Waals surface area contributed by atoms with E-state index in [0.717, 1.165) is 17.5 Å². The summed E-state index contributed by atoms with van der Waals surface area (Å²) in [6.07, 6.45) is 5.22. The number of aromatic amines is 1. The van der Waals surface area contributed by atoms with Gasteiger partial charge in [-0.3, -0.25) is 19.2 Å².